The molecule has 0 saturated carbocycles. The molecule has 6 heteroatoms. The van der Waals surface area contributed by atoms with Gasteiger partial charge in [0, 0.05) is 22.7 Å². The Bertz CT molecular complexity index is 712. The summed E-state index contributed by atoms with van der Waals surface area (Å²) < 4.78 is 0. The first kappa shape index (κ1) is 10.5. The summed E-state index contributed by atoms with van der Waals surface area (Å²) in [7, 11) is 0. The minimum absolute atomic E-state index is 0.196. The molecule has 1 amide bonds. The predicted molar refractivity (Wildman–Crippen MR) is 67.4 cm³/mol. The number of amides is 1. The van der Waals surface area contributed by atoms with Crippen molar-refractivity contribution in [3.05, 3.63) is 41.7 Å². The average molecular weight is 241 g/mol. The summed E-state index contributed by atoms with van der Waals surface area (Å²) in [4.78, 5) is 12.0. The van der Waals surface area contributed by atoms with Gasteiger partial charge in [-0.25, -0.2) is 0 Å². The maximum Gasteiger partial charge on any atom is 0.256 e. The zero-order chi connectivity index (χ0) is 12.5. The van der Waals surface area contributed by atoms with Crippen molar-refractivity contribution in [2.75, 3.05) is 5.32 Å². The summed E-state index contributed by atoms with van der Waals surface area (Å²) in [5, 5.41) is 17.2. The SMILES string of the molecule is Cc1cc(NC(=O)c2ccc3cn[nH]c3c2)n[nH]1. The van der Waals surface area contributed by atoms with E-state index < -0.39 is 0 Å². The standard InChI is InChI=1S/C12H11N5O/c1-7-4-11(17-15-7)14-12(18)8-2-3-9-6-13-16-10(9)5-8/h2-6H,1H3,(H,13,16)(H2,14,15,17,18). The van der Waals surface area contributed by atoms with Crippen LogP contribution in [-0.2, 0) is 0 Å². The number of carbonyl (C=O) groups is 1. The van der Waals surface area contributed by atoms with Crippen LogP contribution in [0.25, 0.3) is 10.9 Å². The van der Waals surface area contributed by atoms with Crippen LogP contribution in [0, 0.1) is 6.92 Å². The lowest BCUT2D eigenvalue weighted by molar-refractivity contribution is 0.102. The van der Waals surface area contributed by atoms with Crippen molar-refractivity contribution in [1.82, 2.24) is 20.4 Å². The number of benzene rings is 1. The molecule has 2 aromatic heterocycles. The summed E-state index contributed by atoms with van der Waals surface area (Å²) in [6.07, 6.45) is 1.72. The van der Waals surface area contributed by atoms with Gasteiger partial charge in [0.15, 0.2) is 5.82 Å². The summed E-state index contributed by atoms with van der Waals surface area (Å²) in [6, 6.07) is 7.14. The van der Waals surface area contributed by atoms with Crippen LogP contribution in [-0.4, -0.2) is 26.3 Å². The molecule has 0 spiro atoms. The van der Waals surface area contributed by atoms with Crippen molar-refractivity contribution in [3.8, 4) is 0 Å². The van der Waals surface area contributed by atoms with E-state index in [0.29, 0.717) is 11.4 Å². The summed E-state index contributed by atoms with van der Waals surface area (Å²) >= 11 is 0. The topological polar surface area (TPSA) is 86.5 Å². The molecule has 1 aromatic carbocycles. The van der Waals surface area contributed by atoms with Crippen LogP contribution < -0.4 is 5.32 Å². The largest absolute Gasteiger partial charge is 0.305 e. The zero-order valence-corrected chi connectivity index (χ0v) is 9.69. The number of aryl methyl sites for hydroxylation is 1. The molecule has 0 radical (unpaired) electrons. The third-order valence-electron chi connectivity index (χ3n) is 2.65. The van der Waals surface area contributed by atoms with Crippen LogP contribution >= 0.6 is 0 Å². The fraction of sp³-hybridized carbons (Fsp3) is 0.0833. The molecule has 0 aliphatic heterocycles. The van der Waals surface area contributed by atoms with E-state index in [0.717, 1.165) is 16.6 Å². The Hall–Kier alpha value is -2.63. The average Bonchev–Trinajstić information content (AvgIpc) is 2.96. The number of aromatic amines is 2. The Morgan fingerprint density at radius 3 is 2.94 bits per heavy atom. The highest BCUT2D eigenvalue weighted by molar-refractivity contribution is 6.05. The van der Waals surface area contributed by atoms with E-state index in [-0.39, 0.29) is 5.91 Å². The highest BCUT2D eigenvalue weighted by Gasteiger charge is 2.09. The van der Waals surface area contributed by atoms with Gasteiger partial charge < -0.3 is 5.32 Å². The van der Waals surface area contributed by atoms with Crippen LogP contribution in [0.1, 0.15) is 16.1 Å². The first-order valence-electron chi connectivity index (χ1n) is 5.49. The van der Waals surface area contributed by atoms with Gasteiger partial charge in [-0.05, 0) is 19.1 Å². The minimum atomic E-state index is -0.196. The zero-order valence-electron chi connectivity index (χ0n) is 9.69. The molecule has 0 fully saturated rings. The second kappa shape index (κ2) is 3.99. The normalized spacial score (nSPS) is 10.7. The summed E-state index contributed by atoms with van der Waals surface area (Å²) in [5.74, 6) is 0.320. The summed E-state index contributed by atoms with van der Waals surface area (Å²) in [6.45, 7) is 1.87. The lowest BCUT2D eigenvalue weighted by Crippen LogP contribution is -2.11. The molecule has 3 rings (SSSR count). The first-order valence-corrected chi connectivity index (χ1v) is 5.49. The highest BCUT2D eigenvalue weighted by atomic mass is 16.1. The van der Waals surface area contributed by atoms with Crippen molar-refractivity contribution in [1.29, 1.82) is 0 Å². The summed E-state index contributed by atoms with van der Waals surface area (Å²) in [5.41, 5.74) is 2.29. The molecular weight excluding hydrogens is 230 g/mol. The molecule has 3 N–H and O–H groups in total. The molecule has 0 unspecified atom stereocenters. The maximum absolute atomic E-state index is 12.0. The Balaban J connectivity index is 1.87. The van der Waals surface area contributed by atoms with Crippen molar-refractivity contribution >= 4 is 22.6 Å². The third-order valence-corrected chi connectivity index (χ3v) is 2.65. The smallest absolute Gasteiger partial charge is 0.256 e. The van der Waals surface area contributed by atoms with E-state index in [1.807, 2.05) is 13.0 Å². The number of fused-ring (bicyclic) bond motifs is 1. The van der Waals surface area contributed by atoms with E-state index in [9.17, 15) is 4.79 Å². The van der Waals surface area contributed by atoms with Gasteiger partial charge in [0.2, 0.25) is 0 Å². The minimum Gasteiger partial charge on any atom is -0.305 e. The lowest BCUT2D eigenvalue weighted by atomic mass is 10.1. The molecule has 0 saturated heterocycles. The first-order chi connectivity index (χ1) is 8.72. The van der Waals surface area contributed by atoms with Gasteiger partial charge >= 0.3 is 0 Å². The van der Waals surface area contributed by atoms with Crippen LogP contribution in [0.15, 0.2) is 30.5 Å². The maximum atomic E-state index is 12.0. The molecule has 3 aromatic rings. The van der Waals surface area contributed by atoms with Crippen molar-refractivity contribution in [2.45, 2.75) is 6.92 Å². The molecule has 18 heavy (non-hydrogen) atoms. The van der Waals surface area contributed by atoms with Crippen LogP contribution in [0.5, 0.6) is 0 Å². The number of hydrogen-bond acceptors (Lipinski definition) is 3. The Labute approximate surface area is 102 Å². The molecule has 0 bridgehead atoms. The van der Waals surface area contributed by atoms with Gasteiger partial charge in [0.25, 0.3) is 5.91 Å². The lowest BCUT2D eigenvalue weighted by Gasteiger charge is -2.01. The molecule has 0 aliphatic carbocycles. The van der Waals surface area contributed by atoms with E-state index >= 15 is 0 Å². The van der Waals surface area contributed by atoms with Gasteiger partial charge in [-0.1, -0.05) is 6.07 Å². The second-order valence-corrected chi connectivity index (χ2v) is 4.06. The van der Waals surface area contributed by atoms with E-state index in [1.165, 1.54) is 0 Å². The number of carbonyl (C=O) groups excluding carboxylic acids is 1. The molecule has 6 nitrogen and oxygen atoms in total. The fourth-order valence-electron chi connectivity index (χ4n) is 1.75. The molecule has 0 atom stereocenters. The van der Waals surface area contributed by atoms with Gasteiger partial charge in [-0.3, -0.25) is 15.0 Å². The number of anilines is 1. The van der Waals surface area contributed by atoms with Crippen LogP contribution in [0.4, 0.5) is 5.82 Å². The van der Waals surface area contributed by atoms with Gasteiger partial charge in [0.1, 0.15) is 0 Å². The Kier molecular flexibility index (Phi) is 2.33. The molecular formula is C12H11N5O. The number of H-pyrrole nitrogens is 2. The van der Waals surface area contributed by atoms with E-state index in [2.05, 4.69) is 25.7 Å². The van der Waals surface area contributed by atoms with Gasteiger partial charge in [-0.15, -0.1) is 0 Å². The highest BCUT2D eigenvalue weighted by Crippen LogP contribution is 2.14. The Morgan fingerprint density at radius 1 is 1.28 bits per heavy atom. The van der Waals surface area contributed by atoms with Crippen LogP contribution in [0.3, 0.4) is 0 Å². The number of nitrogens with zero attached hydrogens (tertiary/aromatic N) is 2. The number of nitrogens with one attached hydrogen (secondary N) is 3. The number of aromatic nitrogens is 4. The van der Waals surface area contributed by atoms with E-state index in [1.54, 1.807) is 24.4 Å². The van der Waals surface area contributed by atoms with Crippen molar-refractivity contribution in [3.63, 3.8) is 0 Å². The predicted octanol–water partition coefficient (Wildman–Crippen LogP) is 1.85. The number of hydrogen-bond donors (Lipinski definition) is 3. The quantitative estimate of drug-likeness (QED) is 0.639. The van der Waals surface area contributed by atoms with Gasteiger partial charge in [0.05, 0.1) is 11.7 Å². The molecule has 0 aliphatic rings. The molecule has 2 heterocycles. The van der Waals surface area contributed by atoms with Crippen molar-refractivity contribution < 1.29 is 4.79 Å². The third kappa shape index (κ3) is 1.84. The van der Waals surface area contributed by atoms with Crippen LogP contribution in [0.2, 0.25) is 0 Å². The fourth-order valence-corrected chi connectivity index (χ4v) is 1.75. The van der Waals surface area contributed by atoms with Gasteiger partial charge in [-0.2, -0.15) is 10.2 Å². The van der Waals surface area contributed by atoms with E-state index in [4.69, 9.17) is 0 Å². The monoisotopic (exact) mass is 241 g/mol. The second-order valence-electron chi connectivity index (χ2n) is 4.06. The molecule has 90 valence electrons. The number of rotatable bonds is 2. The van der Waals surface area contributed by atoms with Crippen molar-refractivity contribution in [2.24, 2.45) is 0 Å². The Morgan fingerprint density at radius 2 is 2.17 bits per heavy atom.